The summed E-state index contributed by atoms with van der Waals surface area (Å²) in [5.41, 5.74) is 2.16. The first-order valence-corrected chi connectivity index (χ1v) is 9.82. The second kappa shape index (κ2) is 9.28. The van der Waals surface area contributed by atoms with Gasteiger partial charge in [0.2, 0.25) is 5.91 Å². The van der Waals surface area contributed by atoms with E-state index in [-0.39, 0.29) is 24.2 Å². The molecule has 0 saturated carbocycles. The lowest BCUT2D eigenvalue weighted by Crippen LogP contribution is -2.47. The van der Waals surface area contributed by atoms with Crippen LogP contribution in [0.15, 0.2) is 66.0 Å². The van der Waals surface area contributed by atoms with Crippen molar-refractivity contribution in [2.45, 2.75) is 25.9 Å². The minimum Gasteiger partial charge on any atom is -0.350 e. The Labute approximate surface area is 167 Å². The van der Waals surface area contributed by atoms with Gasteiger partial charge in [-0.1, -0.05) is 48.5 Å². The Kier molecular flexibility index (Phi) is 6.55. The fraction of sp³-hybridized carbons (Fsp3) is 0.182. The molecule has 2 amide bonds. The van der Waals surface area contributed by atoms with Gasteiger partial charge in [0.05, 0.1) is 4.88 Å². The van der Waals surface area contributed by atoms with Gasteiger partial charge >= 0.3 is 0 Å². The lowest BCUT2D eigenvalue weighted by molar-refractivity contribution is -0.123. The van der Waals surface area contributed by atoms with Crippen molar-refractivity contribution in [3.63, 3.8) is 0 Å². The fourth-order valence-electron chi connectivity index (χ4n) is 2.75. The zero-order valence-electron chi connectivity index (χ0n) is 15.4. The molecule has 28 heavy (non-hydrogen) atoms. The number of carbonyl (C=O) groups excluding carboxylic acids is 2. The maximum Gasteiger partial charge on any atom is 0.262 e. The highest BCUT2D eigenvalue weighted by atomic mass is 32.1. The Morgan fingerprint density at radius 3 is 2.50 bits per heavy atom. The van der Waals surface area contributed by atoms with Crippen LogP contribution in [0.1, 0.15) is 26.4 Å². The molecule has 4 nitrogen and oxygen atoms in total. The van der Waals surface area contributed by atoms with E-state index in [1.54, 1.807) is 31.2 Å². The van der Waals surface area contributed by atoms with Gasteiger partial charge in [0.1, 0.15) is 11.9 Å². The number of thiophene rings is 1. The number of nitrogens with one attached hydrogen (secondary N) is 2. The van der Waals surface area contributed by atoms with E-state index in [0.717, 1.165) is 5.56 Å². The lowest BCUT2D eigenvalue weighted by atomic mass is 10.0. The van der Waals surface area contributed by atoms with E-state index in [0.29, 0.717) is 22.4 Å². The number of rotatable bonds is 7. The number of amides is 2. The molecule has 1 aromatic heterocycles. The average molecular weight is 396 g/mol. The summed E-state index contributed by atoms with van der Waals surface area (Å²) in [6.45, 7) is 1.88. The standard InChI is InChI=1S/C22H21FN2O2S/c1-15-9-10-17(12-18(15)23)14-24-21(26)19(13-16-6-3-2-4-7-16)25-22(27)20-8-5-11-28-20/h2-12,19H,13-14H2,1H3,(H,24,26)(H,25,27)/t19-/m0/s1. The van der Waals surface area contributed by atoms with Crippen LogP contribution in [-0.2, 0) is 17.8 Å². The third kappa shape index (κ3) is 5.27. The predicted octanol–water partition coefficient (Wildman–Crippen LogP) is 3.85. The first-order chi connectivity index (χ1) is 13.5. The predicted molar refractivity (Wildman–Crippen MR) is 109 cm³/mol. The van der Waals surface area contributed by atoms with E-state index in [1.165, 1.54) is 17.4 Å². The van der Waals surface area contributed by atoms with Crippen LogP contribution in [0.5, 0.6) is 0 Å². The summed E-state index contributed by atoms with van der Waals surface area (Å²) in [6, 6.07) is 17.1. The van der Waals surface area contributed by atoms with Crippen LogP contribution in [0.25, 0.3) is 0 Å². The molecule has 6 heteroatoms. The van der Waals surface area contributed by atoms with Gasteiger partial charge in [-0.25, -0.2) is 4.39 Å². The van der Waals surface area contributed by atoms with Crippen LogP contribution >= 0.6 is 11.3 Å². The minimum atomic E-state index is -0.729. The van der Waals surface area contributed by atoms with E-state index in [4.69, 9.17) is 0 Å². The summed E-state index contributed by atoms with van der Waals surface area (Å²) in [5.74, 6) is -0.902. The molecular weight excluding hydrogens is 375 g/mol. The first-order valence-electron chi connectivity index (χ1n) is 8.94. The van der Waals surface area contributed by atoms with Crippen molar-refractivity contribution in [2.24, 2.45) is 0 Å². The van der Waals surface area contributed by atoms with Gasteiger partial charge in [0.15, 0.2) is 0 Å². The summed E-state index contributed by atoms with van der Waals surface area (Å²) < 4.78 is 13.7. The molecule has 0 fully saturated rings. The molecule has 2 N–H and O–H groups in total. The molecule has 1 heterocycles. The zero-order valence-corrected chi connectivity index (χ0v) is 16.3. The molecule has 3 aromatic rings. The summed E-state index contributed by atoms with van der Waals surface area (Å²) in [6.07, 6.45) is 0.367. The number of carbonyl (C=O) groups is 2. The molecule has 2 aromatic carbocycles. The molecule has 0 spiro atoms. The molecule has 0 radical (unpaired) electrons. The van der Waals surface area contributed by atoms with Gasteiger partial charge < -0.3 is 10.6 Å². The van der Waals surface area contributed by atoms with E-state index in [2.05, 4.69) is 10.6 Å². The van der Waals surface area contributed by atoms with Gasteiger partial charge in [-0.15, -0.1) is 11.3 Å². The first kappa shape index (κ1) is 19.8. The van der Waals surface area contributed by atoms with Crippen LogP contribution in [-0.4, -0.2) is 17.9 Å². The van der Waals surface area contributed by atoms with Crippen LogP contribution < -0.4 is 10.6 Å². The Hall–Kier alpha value is -2.99. The maximum atomic E-state index is 13.7. The summed E-state index contributed by atoms with van der Waals surface area (Å²) >= 11 is 1.32. The quantitative estimate of drug-likeness (QED) is 0.637. The Morgan fingerprint density at radius 1 is 1.04 bits per heavy atom. The van der Waals surface area contributed by atoms with Crippen LogP contribution in [0.3, 0.4) is 0 Å². The van der Waals surface area contributed by atoms with Crippen LogP contribution in [0, 0.1) is 12.7 Å². The van der Waals surface area contributed by atoms with Crippen molar-refractivity contribution in [2.75, 3.05) is 0 Å². The van der Waals surface area contributed by atoms with E-state index >= 15 is 0 Å². The molecule has 3 rings (SSSR count). The summed E-state index contributed by atoms with van der Waals surface area (Å²) in [4.78, 5) is 25.7. The van der Waals surface area contributed by atoms with Gasteiger partial charge in [-0.05, 0) is 41.1 Å². The molecule has 144 valence electrons. The number of benzene rings is 2. The topological polar surface area (TPSA) is 58.2 Å². The molecule has 0 saturated heterocycles. The third-order valence-electron chi connectivity index (χ3n) is 4.35. The highest BCUT2D eigenvalue weighted by Gasteiger charge is 2.22. The SMILES string of the molecule is Cc1ccc(CNC(=O)[C@H](Cc2ccccc2)NC(=O)c2cccs2)cc1F. The van der Waals surface area contributed by atoms with Gasteiger partial charge in [-0.2, -0.15) is 0 Å². The van der Waals surface area contributed by atoms with Crippen molar-refractivity contribution in [1.29, 1.82) is 0 Å². The average Bonchev–Trinajstić information content (AvgIpc) is 3.24. The largest absolute Gasteiger partial charge is 0.350 e. The molecule has 0 aliphatic carbocycles. The number of halogens is 1. The summed E-state index contributed by atoms with van der Waals surface area (Å²) in [7, 11) is 0. The minimum absolute atomic E-state index is 0.191. The zero-order chi connectivity index (χ0) is 19.9. The second-order valence-corrected chi connectivity index (χ2v) is 7.44. The molecule has 0 aliphatic rings. The monoisotopic (exact) mass is 396 g/mol. The van der Waals surface area contributed by atoms with Crippen molar-refractivity contribution >= 4 is 23.2 Å². The maximum absolute atomic E-state index is 13.7. The van der Waals surface area contributed by atoms with E-state index < -0.39 is 6.04 Å². The second-order valence-electron chi connectivity index (χ2n) is 6.49. The highest BCUT2D eigenvalue weighted by Crippen LogP contribution is 2.11. The van der Waals surface area contributed by atoms with Crippen LogP contribution in [0.4, 0.5) is 4.39 Å². The summed E-state index contributed by atoms with van der Waals surface area (Å²) in [5, 5.41) is 7.42. The number of hydrogen-bond donors (Lipinski definition) is 2. The highest BCUT2D eigenvalue weighted by molar-refractivity contribution is 7.12. The number of aryl methyl sites for hydroxylation is 1. The molecule has 0 aliphatic heterocycles. The molecule has 0 unspecified atom stereocenters. The van der Waals surface area contributed by atoms with Gasteiger partial charge in [0.25, 0.3) is 5.91 Å². The van der Waals surface area contributed by atoms with Crippen LogP contribution in [0.2, 0.25) is 0 Å². The lowest BCUT2D eigenvalue weighted by Gasteiger charge is -2.18. The fourth-order valence-corrected chi connectivity index (χ4v) is 3.38. The Balaban J connectivity index is 1.69. The smallest absolute Gasteiger partial charge is 0.262 e. The molecule has 0 bridgehead atoms. The van der Waals surface area contributed by atoms with Gasteiger partial charge in [-0.3, -0.25) is 9.59 Å². The molecule has 1 atom stereocenters. The molecular formula is C22H21FN2O2S. The van der Waals surface area contributed by atoms with Crippen molar-refractivity contribution < 1.29 is 14.0 Å². The Morgan fingerprint density at radius 2 is 1.82 bits per heavy atom. The normalized spacial score (nSPS) is 11.6. The number of hydrogen-bond acceptors (Lipinski definition) is 3. The van der Waals surface area contributed by atoms with Crippen molar-refractivity contribution in [1.82, 2.24) is 10.6 Å². The van der Waals surface area contributed by atoms with E-state index in [9.17, 15) is 14.0 Å². The van der Waals surface area contributed by atoms with Crippen molar-refractivity contribution in [3.8, 4) is 0 Å². The Bertz CT molecular complexity index is 942. The van der Waals surface area contributed by atoms with Gasteiger partial charge in [0, 0.05) is 13.0 Å². The third-order valence-corrected chi connectivity index (χ3v) is 5.22. The van der Waals surface area contributed by atoms with Crippen molar-refractivity contribution in [3.05, 3.63) is 93.4 Å². The van der Waals surface area contributed by atoms with E-state index in [1.807, 2.05) is 35.7 Å².